The molecule has 0 radical (unpaired) electrons. The van der Waals surface area contributed by atoms with Crippen molar-refractivity contribution in [1.82, 2.24) is 15.5 Å². The highest BCUT2D eigenvalue weighted by atomic mass is 16.5. The van der Waals surface area contributed by atoms with Gasteiger partial charge in [-0.2, -0.15) is 0 Å². The summed E-state index contributed by atoms with van der Waals surface area (Å²) >= 11 is 0. The van der Waals surface area contributed by atoms with E-state index in [1.54, 1.807) is 0 Å². The molecule has 3 aliphatic rings. The van der Waals surface area contributed by atoms with E-state index in [1.165, 1.54) is 0 Å². The number of carboxylic acids is 1. The molecule has 3 atom stereocenters. The molecule has 8 nitrogen and oxygen atoms in total. The normalized spacial score (nSPS) is 23.2. The minimum atomic E-state index is -1.14. The summed E-state index contributed by atoms with van der Waals surface area (Å²) < 4.78 is 5.85. The van der Waals surface area contributed by atoms with Gasteiger partial charge in [0.25, 0.3) is 0 Å². The van der Waals surface area contributed by atoms with E-state index in [0.29, 0.717) is 32.5 Å². The van der Waals surface area contributed by atoms with Crippen LogP contribution < -0.4 is 10.6 Å². The van der Waals surface area contributed by atoms with Gasteiger partial charge in [0.1, 0.15) is 12.1 Å². The van der Waals surface area contributed by atoms with Crippen LogP contribution in [0, 0.1) is 5.92 Å². The lowest BCUT2D eigenvalue weighted by Gasteiger charge is -2.31. The molecule has 1 heterocycles. The third kappa shape index (κ3) is 5.90. The van der Waals surface area contributed by atoms with Crippen LogP contribution in [0.1, 0.15) is 54.7 Å². The first-order valence-corrected chi connectivity index (χ1v) is 14.8. The molecular weight excluding hydrogens is 530 g/mol. The average molecular weight is 568 g/mol. The molecular formula is C34H37N3O5. The van der Waals surface area contributed by atoms with Crippen LogP contribution in [0.2, 0.25) is 0 Å². The Hall–Kier alpha value is -4.17. The van der Waals surface area contributed by atoms with Gasteiger partial charge in [0, 0.05) is 38.0 Å². The summed E-state index contributed by atoms with van der Waals surface area (Å²) in [7, 11) is 0. The minimum Gasteiger partial charge on any atom is -0.481 e. The lowest BCUT2D eigenvalue weighted by Crippen LogP contribution is -2.61. The van der Waals surface area contributed by atoms with Crippen molar-refractivity contribution < 1.29 is 24.2 Å². The van der Waals surface area contributed by atoms with Crippen LogP contribution in [-0.2, 0) is 20.9 Å². The van der Waals surface area contributed by atoms with Crippen molar-refractivity contribution in [2.45, 2.75) is 56.1 Å². The standard InChI is InChI=1S/C34H37N3O5/c38-31(39)19-24-14-15-25(18-24)35-32(40)34(16-17-37(22-34)20-23-8-2-1-3-9-23)36-33(41)42-21-30-28-12-6-4-10-26(28)27-11-5-7-13-29(27)30/h1-13,24-25,30H,14-22H2,(H,35,40)(H,36,41)(H,38,39). The summed E-state index contributed by atoms with van der Waals surface area (Å²) in [6, 6.07) is 26.3. The van der Waals surface area contributed by atoms with E-state index >= 15 is 0 Å². The summed E-state index contributed by atoms with van der Waals surface area (Å²) in [5.41, 5.74) is 4.58. The Morgan fingerprint density at radius 3 is 2.26 bits per heavy atom. The highest BCUT2D eigenvalue weighted by molar-refractivity contribution is 5.91. The molecule has 2 fully saturated rings. The first kappa shape index (κ1) is 28.0. The van der Waals surface area contributed by atoms with Gasteiger partial charge in [-0.3, -0.25) is 14.5 Å². The predicted octanol–water partition coefficient (Wildman–Crippen LogP) is 4.93. The fraction of sp³-hybridized carbons (Fsp3) is 0.382. The zero-order valence-corrected chi connectivity index (χ0v) is 23.6. The number of alkyl carbamates (subject to hydrolysis) is 1. The van der Waals surface area contributed by atoms with E-state index in [4.69, 9.17) is 4.74 Å². The number of nitrogens with one attached hydrogen (secondary N) is 2. The molecule has 0 aromatic heterocycles. The van der Waals surface area contributed by atoms with Crippen molar-refractivity contribution in [2.24, 2.45) is 5.92 Å². The monoisotopic (exact) mass is 567 g/mol. The van der Waals surface area contributed by atoms with Gasteiger partial charge >= 0.3 is 12.1 Å². The molecule has 3 aromatic rings. The van der Waals surface area contributed by atoms with Crippen molar-refractivity contribution >= 4 is 18.0 Å². The molecule has 3 aromatic carbocycles. The molecule has 6 rings (SSSR count). The Morgan fingerprint density at radius 2 is 1.57 bits per heavy atom. The highest BCUT2D eigenvalue weighted by Crippen LogP contribution is 2.44. The number of carbonyl (C=O) groups excluding carboxylic acids is 2. The van der Waals surface area contributed by atoms with Gasteiger partial charge in [0.2, 0.25) is 5.91 Å². The van der Waals surface area contributed by atoms with Crippen molar-refractivity contribution in [3.8, 4) is 11.1 Å². The summed E-state index contributed by atoms with van der Waals surface area (Å²) in [4.78, 5) is 40.6. The van der Waals surface area contributed by atoms with Gasteiger partial charge in [-0.15, -0.1) is 0 Å². The number of carboxylic acid groups (broad SMARTS) is 1. The Morgan fingerprint density at radius 1 is 0.905 bits per heavy atom. The molecule has 3 N–H and O–H groups in total. The van der Waals surface area contributed by atoms with Gasteiger partial charge in [-0.25, -0.2) is 4.79 Å². The summed E-state index contributed by atoms with van der Waals surface area (Å²) in [5.74, 6) is -1.06. The van der Waals surface area contributed by atoms with Gasteiger partial charge in [-0.1, -0.05) is 78.9 Å². The molecule has 0 spiro atoms. The van der Waals surface area contributed by atoms with Crippen LogP contribution in [0.3, 0.4) is 0 Å². The largest absolute Gasteiger partial charge is 0.481 e. The molecule has 3 unspecified atom stereocenters. The molecule has 2 amide bonds. The topological polar surface area (TPSA) is 108 Å². The number of hydrogen-bond donors (Lipinski definition) is 3. The summed E-state index contributed by atoms with van der Waals surface area (Å²) in [6.07, 6.45) is 2.10. The lowest BCUT2D eigenvalue weighted by atomic mass is 9.96. The molecule has 1 saturated heterocycles. The zero-order valence-electron chi connectivity index (χ0n) is 23.6. The van der Waals surface area contributed by atoms with Gasteiger partial charge in [0.15, 0.2) is 0 Å². The van der Waals surface area contributed by atoms with E-state index in [1.807, 2.05) is 42.5 Å². The lowest BCUT2D eigenvalue weighted by molar-refractivity contribution is -0.138. The average Bonchev–Trinajstić information content (AvgIpc) is 3.69. The second-order valence-electron chi connectivity index (χ2n) is 11.9. The third-order valence-corrected chi connectivity index (χ3v) is 9.06. The predicted molar refractivity (Wildman–Crippen MR) is 159 cm³/mol. The molecule has 8 heteroatoms. The number of nitrogens with zero attached hydrogens (tertiary/aromatic N) is 1. The second kappa shape index (κ2) is 12.0. The second-order valence-corrected chi connectivity index (χ2v) is 11.9. The number of aliphatic carboxylic acids is 1. The fourth-order valence-electron chi connectivity index (χ4n) is 7.00. The van der Waals surface area contributed by atoms with Crippen LogP contribution >= 0.6 is 0 Å². The molecule has 1 saturated carbocycles. The van der Waals surface area contributed by atoms with E-state index in [2.05, 4.69) is 51.9 Å². The number of amides is 2. The quantitative estimate of drug-likeness (QED) is 0.339. The molecule has 0 bridgehead atoms. The maximum absolute atomic E-state index is 13.8. The Labute approximate surface area is 246 Å². The van der Waals surface area contributed by atoms with Crippen molar-refractivity contribution in [2.75, 3.05) is 19.7 Å². The number of rotatable bonds is 9. The number of fused-ring (bicyclic) bond motifs is 3. The van der Waals surface area contributed by atoms with E-state index in [0.717, 1.165) is 40.7 Å². The number of hydrogen-bond acceptors (Lipinski definition) is 5. The Kier molecular flexibility index (Phi) is 7.98. The smallest absolute Gasteiger partial charge is 0.408 e. The maximum Gasteiger partial charge on any atom is 0.408 e. The van der Waals surface area contributed by atoms with E-state index in [-0.39, 0.29) is 36.8 Å². The number of ether oxygens (including phenoxy) is 1. The van der Waals surface area contributed by atoms with Crippen LogP contribution in [0.25, 0.3) is 11.1 Å². The van der Waals surface area contributed by atoms with Crippen LogP contribution in [-0.4, -0.2) is 59.3 Å². The summed E-state index contributed by atoms with van der Waals surface area (Å²) in [5, 5.41) is 15.3. The third-order valence-electron chi connectivity index (χ3n) is 9.06. The molecule has 42 heavy (non-hydrogen) atoms. The van der Waals surface area contributed by atoms with Crippen molar-refractivity contribution in [1.29, 1.82) is 0 Å². The van der Waals surface area contributed by atoms with Gasteiger partial charge in [0.05, 0.1) is 0 Å². The summed E-state index contributed by atoms with van der Waals surface area (Å²) in [6.45, 7) is 1.86. The number of carbonyl (C=O) groups is 3. The Balaban J connectivity index is 1.15. The number of likely N-dealkylation sites (tertiary alicyclic amines) is 1. The van der Waals surface area contributed by atoms with Crippen molar-refractivity contribution in [3.05, 3.63) is 95.6 Å². The maximum atomic E-state index is 13.8. The van der Waals surface area contributed by atoms with Gasteiger partial charge < -0.3 is 20.5 Å². The van der Waals surface area contributed by atoms with E-state index in [9.17, 15) is 19.5 Å². The molecule has 2 aliphatic carbocycles. The van der Waals surface area contributed by atoms with Crippen LogP contribution in [0.5, 0.6) is 0 Å². The molecule has 218 valence electrons. The van der Waals surface area contributed by atoms with E-state index < -0.39 is 17.6 Å². The van der Waals surface area contributed by atoms with Crippen LogP contribution in [0.4, 0.5) is 4.79 Å². The SMILES string of the molecule is O=C(O)CC1CCC(NC(=O)C2(NC(=O)OCC3c4ccccc4-c4ccccc43)CCN(Cc3ccccc3)C2)C1. The van der Waals surface area contributed by atoms with Crippen LogP contribution in [0.15, 0.2) is 78.9 Å². The fourth-order valence-corrected chi connectivity index (χ4v) is 7.00. The van der Waals surface area contributed by atoms with Gasteiger partial charge in [-0.05, 0) is 59.4 Å². The highest BCUT2D eigenvalue weighted by Gasteiger charge is 2.47. The number of benzene rings is 3. The molecule has 1 aliphatic heterocycles. The first-order chi connectivity index (χ1) is 20.4. The first-order valence-electron chi connectivity index (χ1n) is 14.8. The Bertz CT molecular complexity index is 1410. The minimum absolute atomic E-state index is 0.0528. The van der Waals surface area contributed by atoms with Crippen molar-refractivity contribution in [3.63, 3.8) is 0 Å². The zero-order chi connectivity index (χ0) is 29.1.